The van der Waals surface area contributed by atoms with Crippen LogP contribution in [0.25, 0.3) is 0 Å². The van der Waals surface area contributed by atoms with Gasteiger partial charge in [0.25, 0.3) is 5.91 Å². The molecule has 10 heteroatoms. The quantitative estimate of drug-likeness (QED) is 0.558. The molecule has 3 N–H and O–H groups in total. The lowest BCUT2D eigenvalue weighted by molar-refractivity contribution is -0.137. The van der Waals surface area contributed by atoms with Crippen molar-refractivity contribution in [1.29, 1.82) is 0 Å². The third-order valence-electron chi connectivity index (χ3n) is 4.65. The monoisotopic (exact) mass is 484 g/mol. The number of rotatable bonds is 5. The topological polar surface area (TPSA) is 126 Å². The minimum Gasteiger partial charge on any atom is -0.462 e. The summed E-state index contributed by atoms with van der Waals surface area (Å²) in [5.41, 5.74) is 1.32. The Hall–Kier alpha value is -3.50. The highest BCUT2D eigenvalue weighted by Gasteiger charge is 2.27. The largest absolute Gasteiger partial charge is 0.462 e. The molecule has 0 radical (unpaired) electrons. The number of benzene rings is 2. The second kappa shape index (κ2) is 9.78. The third-order valence-corrected chi connectivity index (χ3v) is 6.42. The van der Waals surface area contributed by atoms with Gasteiger partial charge >= 0.3 is 5.97 Å². The van der Waals surface area contributed by atoms with Crippen molar-refractivity contribution in [2.24, 2.45) is 4.99 Å². The van der Waals surface area contributed by atoms with Gasteiger partial charge in [-0.15, -0.1) is 0 Å². The lowest BCUT2D eigenvalue weighted by Crippen LogP contribution is -2.40. The van der Waals surface area contributed by atoms with Gasteiger partial charge in [0, 0.05) is 16.8 Å². The van der Waals surface area contributed by atoms with E-state index in [9.17, 15) is 18.0 Å². The number of hydrogen-bond acceptors (Lipinski definition) is 7. The minimum absolute atomic E-state index is 0.0319. The molecule has 0 saturated carbocycles. The van der Waals surface area contributed by atoms with Crippen molar-refractivity contribution in [3.8, 4) is 0 Å². The number of esters is 1. The van der Waals surface area contributed by atoms with Crippen LogP contribution in [0.2, 0.25) is 0 Å². The zero-order chi connectivity index (χ0) is 25.1. The summed E-state index contributed by atoms with van der Waals surface area (Å²) in [7, 11) is -3.74. The van der Waals surface area contributed by atoms with E-state index in [1.807, 2.05) is 6.07 Å². The Morgan fingerprint density at radius 1 is 1.06 bits per heavy atom. The van der Waals surface area contributed by atoms with Gasteiger partial charge in [0.15, 0.2) is 0 Å². The summed E-state index contributed by atoms with van der Waals surface area (Å²) in [6, 6.07) is 12.7. The zero-order valence-electron chi connectivity index (χ0n) is 19.7. The molecular weight excluding hydrogens is 456 g/mol. The van der Waals surface area contributed by atoms with E-state index in [2.05, 4.69) is 20.3 Å². The summed E-state index contributed by atoms with van der Waals surface area (Å²) in [6.07, 6.45) is 0. The molecule has 0 saturated heterocycles. The number of fused-ring (bicyclic) bond motifs is 1. The molecule has 2 aromatic rings. The van der Waals surface area contributed by atoms with Gasteiger partial charge < -0.3 is 15.4 Å². The lowest BCUT2D eigenvalue weighted by atomic mass is 10.1. The number of nitrogens with zero attached hydrogens (tertiary/aromatic N) is 1. The molecular formula is C24H28N4O5S. The molecule has 180 valence electrons. The smallest absolute Gasteiger partial charge is 0.343 e. The first-order valence-corrected chi connectivity index (χ1v) is 12.2. The molecule has 0 aromatic heterocycles. The predicted molar refractivity (Wildman–Crippen MR) is 130 cm³/mol. The Morgan fingerprint density at radius 3 is 2.32 bits per heavy atom. The van der Waals surface area contributed by atoms with Crippen LogP contribution in [0.5, 0.6) is 0 Å². The Labute approximate surface area is 199 Å². The van der Waals surface area contributed by atoms with Gasteiger partial charge in [-0.1, -0.05) is 12.1 Å². The summed E-state index contributed by atoms with van der Waals surface area (Å²) >= 11 is 0. The van der Waals surface area contributed by atoms with E-state index in [1.54, 1.807) is 52.8 Å². The number of ether oxygens (including phenoxy) is 1. The fourth-order valence-electron chi connectivity index (χ4n) is 3.27. The molecule has 1 heterocycles. The maximum atomic E-state index is 13.0. The highest BCUT2D eigenvalue weighted by molar-refractivity contribution is 7.89. The Balaban J connectivity index is 1.93. The first-order valence-electron chi connectivity index (χ1n) is 10.7. The number of amides is 1. The van der Waals surface area contributed by atoms with Gasteiger partial charge in [-0.25, -0.2) is 22.9 Å². The molecule has 0 fully saturated rings. The fraction of sp³-hybridized carbons (Fsp3) is 0.292. The van der Waals surface area contributed by atoms with Gasteiger partial charge in [-0.3, -0.25) is 4.79 Å². The van der Waals surface area contributed by atoms with Crippen molar-refractivity contribution in [2.45, 2.75) is 45.1 Å². The van der Waals surface area contributed by atoms with E-state index >= 15 is 0 Å². The third kappa shape index (κ3) is 5.89. The molecule has 9 nitrogen and oxygen atoms in total. The Bertz CT molecular complexity index is 1270. The van der Waals surface area contributed by atoms with E-state index < -0.39 is 27.4 Å². The van der Waals surface area contributed by atoms with E-state index in [0.717, 1.165) is 0 Å². The van der Waals surface area contributed by atoms with E-state index in [-0.39, 0.29) is 28.5 Å². The van der Waals surface area contributed by atoms with E-state index in [1.165, 1.54) is 24.3 Å². The number of nitrogens with one attached hydrogen (secondary N) is 3. The van der Waals surface area contributed by atoms with Crippen LogP contribution in [0.1, 0.15) is 45.0 Å². The molecule has 3 rings (SSSR count). The molecule has 2 aromatic carbocycles. The molecule has 0 unspecified atom stereocenters. The van der Waals surface area contributed by atoms with Crippen molar-refractivity contribution in [3.63, 3.8) is 0 Å². The molecule has 0 atom stereocenters. The molecule has 0 spiro atoms. The number of para-hydroxylation sites is 2. The summed E-state index contributed by atoms with van der Waals surface area (Å²) < 4.78 is 32.8. The van der Waals surface area contributed by atoms with Gasteiger partial charge in [-0.2, -0.15) is 0 Å². The van der Waals surface area contributed by atoms with Crippen LogP contribution in [0, 0.1) is 0 Å². The van der Waals surface area contributed by atoms with Gasteiger partial charge in [-0.05, 0) is 71.0 Å². The summed E-state index contributed by atoms with van der Waals surface area (Å²) in [5, 5.41) is 5.82. The molecule has 34 heavy (non-hydrogen) atoms. The summed E-state index contributed by atoms with van der Waals surface area (Å²) in [4.78, 5) is 30.2. The lowest BCUT2D eigenvalue weighted by Gasteiger charge is -2.20. The van der Waals surface area contributed by atoms with Gasteiger partial charge in [0.1, 0.15) is 11.4 Å². The fourth-order valence-corrected chi connectivity index (χ4v) is 4.68. The number of allylic oxidation sites excluding steroid dienone is 1. The molecule has 1 amide bonds. The Kier molecular flexibility index (Phi) is 7.23. The predicted octanol–water partition coefficient (Wildman–Crippen LogP) is 3.49. The molecule has 1 aliphatic heterocycles. The minimum atomic E-state index is -3.74. The summed E-state index contributed by atoms with van der Waals surface area (Å²) in [6.45, 7) is 8.75. The van der Waals surface area contributed by atoms with Crippen LogP contribution in [0.4, 0.5) is 11.4 Å². The van der Waals surface area contributed by atoms with Crippen LogP contribution in [0.3, 0.4) is 0 Å². The highest BCUT2D eigenvalue weighted by Crippen LogP contribution is 2.30. The van der Waals surface area contributed by atoms with E-state index in [0.29, 0.717) is 17.1 Å². The standard InChI is InChI=1S/C24H28N4O5S/c1-6-33-23(30)20-15(2)25-18-9-7-8-10-19(18)26-21(20)27-22(29)16-11-13-17(14-12-16)34(31,32)28-24(3,4)5/h7-14,25,28H,6H2,1-5H3,(H,26,27,29). The molecule has 0 aliphatic carbocycles. The second-order valence-electron chi connectivity index (χ2n) is 8.66. The number of anilines is 1. The number of hydrogen-bond donors (Lipinski definition) is 3. The Morgan fingerprint density at radius 2 is 1.71 bits per heavy atom. The molecule has 0 bridgehead atoms. The van der Waals surface area contributed by atoms with Gasteiger partial charge in [0.2, 0.25) is 10.0 Å². The van der Waals surface area contributed by atoms with Crippen molar-refractivity contribution in [1.82, 2.24) is 10.0 Å². The van der Waals surface area contributed by atoms with Crippen LogP contribution in [-0.4, -0.2) is 38.3 Å². The van der Waals surface area contributed by atoms with Crippen molar-refractivity contribution in [2.75, 3.05) is 11.9 Å². The average Bonchev–Trinajstić information content (AvgIpc) is 2.87. The number of sulfonamides is 1. The first kappa shape index (κ1) is 25.1. The SMILES string of the molecule is CCOC(=O)C1=C(C)Nc2ccccc2N=C1NC(=O)c1ccc(S(=O)(=O)NC(C)(C)C)cc1. The van der Waals surface area contributed by atoms with Crippen LogP contribution < -0.4 is 15.4 Å². The first-order chi connectivity index (χ1) is 15.9. The number of amidine groups is 1. The maximum Gasteiger partial charge on any atom is 0.343 e. The number of carbonyl (C=O) groups excluding carboxylic acids is 2. The van der Waals surface area contributed by atoms with Gasteiger partial charge in [0.05, 0.1) is 22.9 Å². The zero-order valence-corrected chi connectivity index (χ0v) is 20.5. The molecule has 1 aliphatic rings. The number of aliphatic imine (C=N–C) groups is 1. The van der Waals surface area contributed by atoms with Crippen LogP contribution in [-0.2, 0) is 19.6 Å². The number of carbonyl (C=O) groups is 2. The van der Waals surface area contributed by atoms with Crippen molar-refractivity contribution >= 4 is 39.1 Å². The van der Waals surface area contributed by atoms with Crippen LogP contribution in [0.15, 0.2) is 69.7 Å². The summed E-state index contributed by atoms with van der Waals surface area (Å²) in [5.74, 6) is -1.15. The normalized spacial score (nSPS) is 13.9. The van der Waals surface area contributed by atoms with Crippen molar-refractivity contribution < 1.29 is 22.7 Å². The highest BCUT2D eigenvalue weighted by atomic mass is 32.2. The average molecular weight is 485 g/mol. The van der Waals surface area contributed by atoms with E-state index in [4.69, 9.17) is 4.74 Å². The maximum absolute atomic E-state index is 13.0. The second-order valence-corrected chi connectivity index (χ2v) is 10.3. The van der Waals surface area contributed by atoms with Crippen LogP contribution >= 0.6 is 0 Å². The van der Waals surface area contributed by atoms with Crippen molar-refractivity contribution in [3.05, 3.63) is 65.4 Å².